The molecule has 31 heavy (non-hydrogen) atoms. The number of ether oxygens (including phenoxy) is 2. The number of aromatic hydroxyl groups is 1. The molecular formula is C25H22BrNO3S. The van der Waals surface area contributed by atoms with Gasteiger partial charge in [-0.1, -0.05) is 28.1 Å². The van der Waals surface area contributed by atoms with Gasteiger partial charge in [0.15, 0.2) is 5.75 Å². The fourth-order valence-electron chi connectivity index (χ4n) is 3.76. The molecule has 0 radical (unpaired) electrons. The highest BCUT2D eigenvalue weighted by Gasteiger charge is 2.18. The number of hydrogen-bond donors (Lipinski definition) is 2. The Hall–Kier alpha value is -2.54. The zero-order valence-electron chi connectivity index (χ0n) is 16.8. The van der Waals surface area contributed by atoms with Crippen molar-refractivity contribution in [1.82, 2.24) is 5.32 Å². The second-order valence-corrected chi connectivity index (χ2v) is 9.56. The lowest BCUT2D eigenvalue weighted by molar-refractivity contribution is 0.162. The van der Waals surface area contributed by atoms with E-state index in [9.17, 15) is 5.11 Å². The van der Waals surface area contributed by atoms with E-state index in [1.54, 1.807) is 23.5 Å². The first kappa shape index (κ1) is 20.4. The Morgan fingerprint density at radius 2 is 1.61 bits per heavy atom. The number of benzene rings is 3. The molecule has 0 atom stereocenters. The summed E-state index contributed by atoms with van der Waals surface area (Å²) >= 11 is 5.11. The van der Waals surface area contributed by atoms with Gasteiger partial charge in [0.2, 0.25) is 0 Å². The van der Waals surface area contributed by atoms with Gasteiger partial charge in [-0.15, -0.1) is 11.3 Å². The van der Waals surface area contributed by atoms with Crippen molar-refractivity contribution in [2.24, 2.45) is 0 Å². The maximum absolute atomic E-state index is 9.93. The summed E-state index contributed by atoms with van der Waals surface area (Å²) < 4.78 is 14.5. The van der Waals surface area contributed by atoms with Crippen LogP contribution in [0.4, 0.5) is 0 Å². The summed E-state index contributed by atoms with van der Waals surface area (Å²) in [7, 11) is 0. The van der Waals surface area contributed by atoms with Gasteiger partial charge in [-0.25, -0.2) is 0 Å². The highest BCUT2D eigenvalue weighted by Crippen LogP contribution is 2.47. The molecular weight excluding hydrogens is 474 g/mol. The van der Waals surface area contributed by atoms with Crippen LogP contribution in [-0.2, 0) is 0 Å². The monoisotopic (exact) mass is 495 g/mol. The molecule has 0 bridgehead atoms. The van der Waals surface area contributed by atoms with Gasteiger partial charge in [0.25, 0.3) is 0 Å². The first-order valence-electron chi connectivity index (χ1n) is 10.3. The highest BCUT2D eigenvalue weighted by atomic mass is 79.9. The van der Waals surface area contributed by atoms with E-state index in [2.05, 4.69) is 33.4 Å². The highest BCUT2D eigenvalue weighted by molar-refractivity contribution is 9.10. The molecule has 0 unspecified atom stereocenters. The predicted molar refractivity (Wildman–Crippen MR) is 130 cm³/mol. The zero-order chi connectivity index (χ0) is 21.2. The maximum Gasteiger partial charge on any atom is 0.153 e. The lowest BCUT2D eigenvalue weighted by Gasteiger charge is -2.23. The van der Waals surface area contributed by atoms with Crippen molar-refractivity contribution in [2.45, 2.75) is 18.9 Å². The van der Waals surface area contributed by atoms with Gasteiger partial charge in [0.05, 0.1) is 4.88 Å². The number of phenolic OH excluding ortho intramolecular Hbond substituents is 1. The minimum atomic E-state index is 0.252. The predicted octanol–water partition coefficient (Wildman–Crippen LogP) is 6.96. The second-order valence-electron chi connectivity index (χ2n) is 7.59. The molecule has 2 N–H and O–H groups in total. The quantitative estimate of drug-likeness (QED) is 0.314. The zero-order valence-corrected chi connectivity index (χ0v) is 19.2. The van der Waals surface area contributed by atoms with Crippen LogP contribution in [0.5, 0.6) is 23.0 Å². The van der Waals surface area contributed by atoms with E-state index in [1.165, 1.54) is 0 Å². The molecule has 2 heterocycles. The Labute approximate surface area is 193 Å². The Morgan fingerprint density at radius 3 is 2.35 bits per heavy atom. The lowest BCUT2D eigenvalue weighted by Crippen LogP contribution is -2.34. The molecule has 5 rings (SSSR count). The Balaban J connectivity index is 1.45. The van der Waals surface area contributed by atoms with Gasteiger partial charge in [-0.05, 0) is 86.1 Å². The average molecular weight is 496 g/mol. The number of piperidine rings is 1. The third-order valence-electron chi connectivity index (χ3n) is 5.37. The van der Waals surface area contributed by atoms with Gasteiger partial charge in [0, 0.05) is 14.6 Å². The molecule has 4 nitrogen and oxygen atoms in total. The fraction of sp³-hybridized carbons (Fsp3) is 0.200. The molecule has 1 aromatic heterocycles. The minimum Gasteiger partial charge on any atom is -0.508 e. The van der Waals surface area contributed by atoms with Crippen molar-refractivity contribution in [3.63, 3.8) is 0 Å². The van der Waals surface area contributed by atoms with Gasteiger partial charge in [-0.3, -0.25) is 0 Å². The summed E-state index contributed by atoms with van der Waals surface area (Å²) in [6, 6.07) is 21.4. The van der Waals surface area contributed by atoms with Crippen LogP contribution in [0.1, 0.15) is 12.8 Å². The molecule has 0 aliphatic carbocycles. The SMILES string of the molecule is Oc1ccc2c(Oc3ccc(OC4CCNCC4)cc3)c(-c3ccc(Br)cc3)sc2c1. The number of phenols is 1. The molecule has 4 aromatic rings. The van der Waals surface area contributed by atoms with Crippen LogP contribution in [0, 0.1) is 0 Å². The van der Waals surface area contributed by atoms with E-state index in [-0.39, 0.29) is 11.9 Å². The van der Waals surface area contributed by atoms with E-state index in [1.807, 2.05) is 42.5 Å². The number of fused-ring (bicyclic) bond motifs is 1. The summed E-state index contributed by atoms with van der Waals surface area (Å²) in [4.78, 5) is 1.03. The molecule has 0 amide bonds. The van der Waals surface area contributed by atoms with E-state index < -0.39 is 0 Å². The van der Waals surface area contributed by atoms with Crippen LogP contribution in [0.3, 0.4) is 0 Å². The standard InChI is InChI=1S/C25H22BrNO3S/c26-17-3-1-16(2-4-17)25-24(22-10-5-18(28)15-23(22)31-25)30-20-8-6-19(7-9-20)29-21-11-13-27-14-12-21/h1-10,15,21,27-28H,11-14H2. The molecule has 1 aliphatic rings. The maximum atomic E-state index is 9.93. The summed E-state index contributed by atoms with van der Waals surface area (Å²) in [5.41, 5.74) is 1.07. The molecule has 158 valence electrons. The molecule has 1 saturated heterocycles. The minimum absolute atomic E-state index is 0.252. The number of rotatable bonds is 5. The third-order valence-corrected chi connectivity index (χ3v) is 7.08. The van der Waals surface area contributed by atoms with Gasteiger partial charge in [-0.2, -0.15) is 0 Å². The first-order chi connectivity index (χ1) is 15.2. The number of halogens is 1. The van der Waals surface area contributed by atoms with Crippen LogP contribution < -0.4 is 14.8 Å². The average Bonchev–Trinajstić information content (AvgIpc) is 3.13. The molecule has 0 saturated carbocycles. The third kappa shape index (κ3) is 4.56. The largest absolute Gasteiger partial charge is 0.508 e. The number of nitrogens with one attached hydrogen (secondary N) is 1. The fourth-order valence-corrected chi connectivity index (χ4v) is 5.20. The van der Waals surface area contributed by atoms with Crippen LogP contribution in [0.2, 0.25) is 0 Å². The Morgan fingerprint density at radius 1 is 0.903 bits per heavy atom. The lowest BCUT2D eigenvalue weighted by atomic mass is 10.1. The van der Waals surface area contributed by atoms with Crippen molar-refractivity contribution >= 4 is 37.4 Å². The molecule has 6 heteroatoms. The second kappa shape index (κ2) is 8.91. The molecule has 1 fully saturated rings. The summed E-state index contributed by atoms with van der Waals surface area (Å²) in [5.74, 6) is 2.67. The van der Waals surface area contributed by atoms with Crippen molar-refractivity contribution in [3.8, 4) is 33.4 Å². The van der Waals surface area contributed by atoms with Crippen molar-refractivity contribution in [2.75, 3.05) is 13.1 Å². The van der Waals surface area contributed by atoms with Gasteiger partial charge >= 0.3 is 0 Å². The van der Waals surface area contributed by atoms with Crippen LogP contribution in [0.15, 0.2) is 71.2 Å². The van der Waals surface area contributed by atoms with E-state index in [0.29, 0.717) is 0 Å². The molecule has 0 spiro atoms. The Kier molecular flexibility index (Phi) is 5.85. The Bertz CT molecular complexity index is 1180. The van der Waals surface area contributed by atoms with E-state index in [0.717, 1.165) is 68.2 Å². The summed E-state index contributed by atoms with van der Waals surface area (Å²) in [5, 5.41) is 14.3. The number of hydrogen-bond acceptors (Lipinski definition) is 5. The van der Waals surface area contributed by atoms with Crippen LogP contribution in [0.25, 0.3) is 20.5 Å². The smallest absolute Gasteiger partial charge is 0.153 e. The van der Waals surface area contributed by atoms with E-state index in [4.69, 9.17) is 9.47 Å². The van der Waals surface area contributed by atoms with Crippen molar-refractivity contribution < 1.29 is 14.6 Å². The topological polar surface area (TPSA) is 50.7 Å². The van der Waals surface area contributed by atoms with Crippen LogP contribution >= 0.6 is 27.3 Å². The van der Waals surface area contributed by atoms with Gasteiger partial charge < -0.3 is 19.9 Å². The molecule has 1 aliphatic heterocycles. The molecule has 3 aromatic carbocycles. The number of thiophene rings is 1. The van der Waals surface area contributed by atoms with Gasteiger partial charge in [0.1, 0.15) is 23.4 Å². The summed E-state index contributed by atoms with van der Waals surface area (Å²) in [6.07, 6.45) is 2.33. The van der Waals surface area contributed by atoms with Crippen LogP contribution in [-0.4, -0.2) is 24.3 Å². The normalized spacial score (nSPS) is 14.6. The summed E-state index contributed by atoms with van der Waals surface area (Å²) in [6.45, 7) is 2.01. The van der Waals surface area contributed by atoms with E-state index >= 15 is 0 Å². The first-order valence-corrected chi connectivity index (χ1v) is 11.9. The van der Waals surface area contributed by atoms with Crippen molar-refractivity contribution in [3.05, 3.63) is 71.2 Å². The van der Waals surface area contributed by atoms with Crippen molar-refractivity contribution in [1.29, 1.82) is 0 Å².